The Balaban J connectivity index is 0.00000256. The van der Waals surface area contributed by atoms with E-state index in [0.29, 0.717) is 0 Å². The fourth-order valence-electron chi connectivity index (χ4n) is 3.54. The van der Waals surface area contributed by atoms with Gasteiger partial charge in [0.2, 0.25) is 5.13 Å². The highest BCUT2D eigenvalue weighted by Crippen LogP contribution is 2.19. The number of fused-ring (bicyclic) bond motifs is 1. The Hall–Kier alpha value is -1.95. The van der Waals surface area contributed by atoms with Crippen LogP contribution >= 0.6 is 35.5 Å². The third kappa shape index (κ3) is 5.39. The Morgan fingerprint density at radius 2 is 2.00 bits per heavy atom. The number of nitrogens with zero attached hydrogens (tertiary/aromatic N) is 6. The molecule has 0 amide bonds. The Bertz CT molecular complexity index is 928. The van der Waals surface area contributed by atoms with Crippen LogP contribution in [0.5, 0.6) is 0 Å². The van der Waals surface area contributed by atoms with Crippen LogP contribution in [0.1, 0.15) is 25.0 Å². The van der Waals surface area contributed by atoms with Crippen molar-refractivity contribution in [3.8, 4) is 0 Å². The molecule has 0 bridgehead atoms. The van der Waals surface area contributed by atoms with Crippen LogP contribution in [0, 0.1) is 0 Å². The molecular formula is C20H29IN8S. The first-order valence-electron chi connectivity index (χ1n) is 10.2. The van der Waals surface area contributed by atoms with E-state index >= 15 is 0 Å². The van der Waals surface area contributed by atoms with Crippen molar-refractivity contribution < 1.29 is 0 Å². The molecule has 3 heterocycles. The van der Waals surface area contributed by atoms with Gasteiger partial charge in [0, 0.05) is 64.1 Å². The van der Waals surface area contributed by atoms with Crippen LogP contribution < -0.4 is 10.2 Å². The number of hydrogen-bond acceptors (Lipinski definition) is 6. The van der Waals surface area contributed by atoms with Crippen LogP contribution in [-0.2, 0) is 12.8 Å². The number of para-hydroxylation sites is 2. The third-order valence-electron chi connectivity index (χ3n) is 5.15. The number of benzene rings is 1. The van der Waals surface area contributed by atoms with E-state index in [4.69, 9.17) is 0 Å². The van der Waals surface area contributed by atoms with Gasteiger partial charge in [-0.3, -0.25) is 4.99 Å². The second kappa shape index (κ2) is 10.9. The van der Waals surface area contributed by atoms with Crippen molar-refractivity contribution in [2.24, 2.45) is 4.99 Å². The standard InChI is InChI=1S/C20H28N8S.HI/c1-3-17-25-20(29-26-17)28-13-11-27(12-14-28)19(21-2)22-10-6-9-18-23-15-7-4-5-8-16(15)24-18;/h4-5,7-8H,3,6,9-14H2,1-2H3,(H,21,22)(H,23,24);1H. The lowest BCUT2D eigenvalue weighted by atomic mass is 10.3. The topological polar surface area (TPSA) is 85.3 Å². The summed E-state index contributed by atoms with van der Waals surface area (Å²) in [6.45, 7) is 6.72. The maximum atomic E-state index is 4.64. The maximum Gasteiger partial charge on any atom is 0.205 e. The van der Waals surface area contributed by atoms with Gasteiger partial charge in [-0.2, -0.15) is 4.37 Å². The summed E-state index contributed by atoms with van der Waals surface area (Å²) in [5.74, 6) is 2.95. The number of nitrogens with one attached hydrogen (secondary N) is 2. The molecule has 162 valence electrons. The van der Waals surface area contributed by atoms with E-state index in [-0.39, 0.29) is 24.0 Å². The van der Waals surface area contributed by atoms with E-state index in [1.807, 2.05) is 25.2 Å². The predicted octanol–water partition coefficient (Wildman–Crippen LogP) is 2.93. The van der Waals surface area contributed by atoms with E-state index < -0.39 is 0 Å². The molecule has 10 heteroatoms. The number of aliphatic imine (C=N–C) groups is 1. The zero-order valence-electron chi connectivity index (χ0n) is 17.5. The van der Waals surface area contributed by atoms with Gasteiger partial charge in [0.15, 0.2) is 5.96 Å². The smallest absolute Gasteiger partial charge is 0.205 e. The zero-order valence-corrected chi connectivity index (χ0v) is 20.6. The second-order valence-corrected chi connectivity index (χ2v) is 7.83. The largest absolute Gasteiger partial charge is 0.356 e. The number of H-pyrrole nitrogens is 1. The number of guanidine groups is 1. The van der Waals surface area contributed by atoms with E-state index in [2.05, 4.69) is 52.4 Å². The lowest BCUT2D eigenvalue weighted by molar-refractivity contribution is 0.372. The molecular weight excluding hydrogens is 511 g/mol. The first-order chi connectivity index (χ1) is 14.3. The average molecular weight is 540 g/mol. The van der Waals surface area contributed by atoms with Crippen molar-refractivity contribution in [2.75, 3.05) is 44.7 Å². The summed E-state index contributed by atoms with van der Waals surface area (Å²) in [6.07, 6.45) is 2.81. The molecule has 1 fully saturated rings. The molecule has 0 aliphatic carbocycles. The summed E-state index contributed by atoms with van der Waals surface area (Å²) in [6, 6.07) is 8.16. The molecule has 2 N–H and O–H groups in total. The van der Waals surface area contributed by atoms with E-state index in [1.165, 1.54) is 11.5 Å². The van der Waals surface area contributed by atoms with Crippen molar-refractivity contribution in [2.45, 2.75) is 26.2 Å². The Morgan fingerprint density at radius 1 is 1.20 bits per heavy atom. The number of hydrogen-bond donors (Lipinski definition) is 2. The number of aryl methyl sites for hydroxylation is 2. The molecule has 0 unspecified atom stereocenters. The number of piperazine rings is 1. The molecule has 1 saturated heterocycles. The maximum absolute atomic E-state index is 4.64. The summed E-state index contributed by atoms with van der Waals surface area (Å²) in [4.78, 5) is 21.8. The van der Waals surface area contributed by atoms with Crippen molar-refractivity contribution in [3.63, 3.8) is 0 Å². The normalized spacial score (nSPS) is 14.8. The number of rotatable bonds is 6. The van der Waals surface area contributed by atoms with Gasteiger partial charge in [-0.25, -0.2) is 9.97 Å². The molecule has 30 heavy (non-hydrogen) atoms. The van der Waals surface area contributed by atoms with Crippen LogP contribution in [0.3, 0.4) is 0 Å². The van der Waals surface area contributed by atoms with Gasteiger partial charge in [0.25, 0.3) is 0 Å². The molecule has 0 saturated carbocycles. The van der Waals surface area contributed by atoms with Gasteiger partial charge < -0.3 is 20.1 Å². The first kappa shape index (κ1) is 22.7. The highest BCUT2D eigenvalue weighted by Gasteiger charge is 2.21. The number of aromatic nitrogens is 4. The van der Waals surface area contributed by atoms with Crippen LogP contribution in [-0.4, -0.2) is 70.0 Å². The van der Waals surface area contributed by atoms with Crippen LogP contribution in [0.25, 0.3) is 11.0 Å². The SMILES string of the molecule is CCc1nsc(N2CCN(C(=NC)NCCCc3nc4ccccc4[nH]3)CC2)n1.I. The molecule has 0 atom stereocenters. The van der Waals surface area contributed by atoms with Gasteiger partial charge in [-0.15, -0.1) is 24.0 Å². The molecule has 8 nitrogen and oxygen atoms in total. The van der Waals surface area contributed by atoms with Crippen molar-refractivity contribution >= 4 is 57.6 Å². The van der Waals surface area contributed by atoms with Crippen LogP contribution in [0.2, 0.25) is 0 Å². The van der Waals surface area contributed by atoms with Crippen molar-refractivity contribution in [3.05, 3.63) is 35.9 Å². The minimum atomic E-state index is 0. The highest BCUT2D eigenvalue weighted by atomic mass is 127. The second-order valence-electron chi connectivity index (χ2n) is 7.10. The molecule has 1 aromatic carbocycles. The van der Waals surface area contributed by atoms with Gasteiger partial charge in [-0.05, 0) is 18.6 Å². The number of imidazole rings is 1. The summed E-state index contributed by atoms with van der Waals surface area (Å²) < 4.78 is 4.40. The van der Waals surface area contributed by atoms with E-state index in [1.54, 1.807) is 0 Å². The third-order valence-corrected chi connectivity index (χ3v) is 5.96. The summed E-state index contributed by atoms with van der Waals surface area (Å²) >= 11 is 1.50. The minimum Gasteiger partial charge on any atom is -0.356 e. The molecule has 4 rings (SSSR count). The lowest BCUT2D eigenvalue weighted by Gasteiger charge is -2.36. The van der Waals surface area contributed by atoms with E-state index in [9.17, 15) is 0 Å². The van der Waals surface area contributed by atoms with Gasteiger partial charge >= 0.3 is 0 Å². The first-order valence-corrected chi connectivity index (χ1v) is 11.0. The Labute approximate surface area is 198 Å². The van der Waals surface area contributed by atoms with Gasteiger partial charge in [-0.1, -0.05) is 19.1 Å². The molecule has 1 aliphatic heterocycles. The molecule has 0 radical (unpaired) electrons. The molecule has 2 aromatic heterocycles. The molecule has 3 aromatic rings. The minimum absolute atomic E-state index is 0. The summed E-state index contributed by atoms with van der Waals surface area (Å²) in [5, 5.41) is 4.54. The number of aromatic amines is 1. The Morgan fingerprint density at radius 3 is 2.70 bits per heavy atom. The number of anilines is 1. The molecule has 1 aliphatic rings. The molecule has 0 spiro atoms. The zero-order chi connectivity index (χ0) is 20.1. The highest BCUT2D eigenvalue weighted by molar-refractivity contribution is 14.0. The fraction of sp³-hybridized carbons (Fsp3) is 0.500. The van der Waals surface area contributed by atoms with Crippen molar-refractivity contribution in [1.29, 1.82) is 0 Å². The lowest BCUT2D eigenvalue weighted by Crippen LogP contribution is -2.52. The van der Waals surface area contributed by atoms with E-state index in [0.717, 1.165) is 85.8 Å². The van der Waals surface area contributed by atoms with Gasteiger partial charge in [0.05, 0.1) is 11.0 Å². The Kier molecular flexibility index (Phi) is 8.25. The predicted molar refractivity (Wildman–Crippen MR) is 134 cm³/mol. The quantitative estimate of drug-likeness (QED) is 0.217. The summed E-state index contributed by atoms with van der Waals surface area (Å²) in [7, 11) is 1.85. The van der Waals surface area contributed by atoms with Crippen LogP contribution in [0.15, 0.2) is 29.3 Å². The fourth-order valence-corrected chi connectivity index (χ4v) is 4.34. The van der Waals surface area contributed by atoms with Crippen LogP contribution in [0.4, 0.5) is 5.13 Å². The monoisotopic (exact) mass is 540 g/mol. The summed E-state index contributed by atoms with van der Waals surface area (Å²) in [5.41, 5.74) is 2.14. The number of halogens is 1. The van der Waals surface area contributed by atoms with Crippen molar-refractivity contribution in [1.82, 2.24) is 29.5 Å². The average Bonchev–Trinajstić information content (AvgIpc) is 3.41. The van der Waals surface area contributed by atoms with Gasteiger partial charge in [0.1, 0.15) is 11.6 Å².